The van der Waals surface area contributed by atoms with Crippen LogP contribution in [0.15, 0.2) is 0 Å². The summed E-state index contributed by atoms with van der Waals surface area (Å²) in [6, 6.07) is 0. The molecule has 8 heteroatoms. The minimum atomic E-state index is -4.90. The van der Waals surface area contributed by atoms with E-state index in [9.17, 15) is 22.8 Å². The average Bonchev–Trinajstić information content (AvgIpc) is 2.23. The molecule has 0 fully saturated rings. The Balaban J connectivity index is 3.51. The highest BCUT2D eigenvalue weighted by Crippen LogP contribution is 2.13. The molecule has 0 atom stereocenters. The molecule has 0 saturated carbocycles. The summed E-state index contributed by atoms with van der Waals surface area (Å²) < 4.78 is 39.8. The number of rotatable bonds is 6. The quantitative estimate of drug-likeness (QED) is 0.701. The van der Waals surface area contributed by atoms with E-state index in [0.29, 0.717) is 0 Å². The van der Waals surface area contributed by atoms with Crippen LogP contribution in [0.5, 0.6) is 0 Å². The van der Waals surface area contributed by atoms with Crippen molar-refractivity contribution in [1.29, 1.82) is 0 Å². The van der Waals surface area contributed by atoms with Gasteiger partial charge in [0, 0.05) is 13.1 Å². The number of carbonyl (C=O) groups is 2. The van der Waals surface area contributed by atoms with Crippen LogP contribution < -0.4 is 10.6 Å². The zero-order valence-corrected chi connectivity index (χ0v) is 9.39. The molecular weight excluding hydrogens is 241 g/mol. The fourth-order valence-electron chi connectivity index (χ4n) is 0.801. The predicted octanol–water partition coefficient (Wildman–Crippen LogP) is 1.19. The van der Waals surface area contributed by atoms with Gasteiger partial charge < -0.3 is 15.4 Å². The van der Waals surface area contributed by atoms with Crippen LogP contribution in [0.1, 0.15) is 19.8 Å². The summed E-state index contributed by atoms with van der Waals surface area (Å²) in [4.78, 5) is 21.2. The van der Waals surface area contributed by atoms with Gasteiger partial charge in [-0.15, -0.1) is 0 Å². The number of carbonyl (C=O) groups excluding carboxylic acids is 2. The first-order chi connectivity index (χ1) is 7.88. The molecule has 100 valence electrons. The number of alkyl halides is 3. The lowest BCUT2D eigenvalue weighted by molar-refractivity contribution is -0.173. The van der Waals surface area contributed by atoms with Crippen molar-refractivity contribution < 1.29 is 27.5 Å². The first-order valence-electron chi connectivity index (χ1n) is 5.13. The van der Waals surface area contributed by atoms with Gasteiger partial charge in [0.25, 0.3) is 0 Å². The minimum absolute atomic E-state index is 0.118. The first kappa shape index (κ1) is 15.5. The highest BCUT2D eigenvalue weighted by atomic mass is 19.4. The number of hydrogen-bond donors (Lipinski definition) is 2. The second-order valence-corrected chi connectivity index (χ2v) is 3.17. The van der Waals surface area contributed by atoms with Crippen LogP contribution >= 0.6 is 0 Å². The Bertz CT molecular complexity index is 256. The second-order valence-electron chi connectivity index (χ2n) is 3.17. The second kappa shape index (κ2) is 7.75. The molecule has 0 unspecified atom stereocenters. The van der Waals surface area contributed by atoms with E-state index in [0.717, 1.165) is 12.8 Å². The Morgan fingerprint density at radius 1 is 1.18 bits per heavy atom. The van der Waals surface area contributed by atoms with Gasteiger partial charge in [-0.3, -0.25) is 4.79 Å². The summed E-state index contributed by atoms with van der Waals surface area (Å²) in [5.74, 6) is -2.03. The zero-order valence-electron chi connectivity index (χ0n) is 9.39. The van der Waals surface area contributed by atoms with Gasteiger partial charge in [0.1, 0.15) is 0 Å². The molecule has 0 aliphatic carbocycles. The highest BCUT2D eigenvalue weighted by Gasteiger charge is 2.38. The van der Waals surface area contributed by atoms with Crippen molar-refractivity contribution in [3.05, 3.63) is 0 Å². The topological polar surface area (TPSA) is 67.4 Å². The summed E-state index contributed by atoms with van der Waals surface area (Å²) in [7, 11) is 0. The molecule has 2 amide bonds. The van der Waals surface area contributed by atoms with Crippen molar-refractivity contribution in [3.63, 3.8) is 0 Å². The summed E-state index contributed by atoms with van der Waals surface area (Å²) in [6.45, 7) is 1.76. The van der Waals surface area contributed by atoms with Crippen LogP contribution in [-0.4, -0.2) is 37.9 Å². The van der Waals surface area contributed by atoms with Gasteiger partial charge in [0.05, 0.1) is 6.61 Å². The van der Waals surface area contributed by atoms with E-state index in [1.807, 2.05) is 6.92 Å². The maximum Gasteiger partial charge on any atom is 0.471 e. The fourth-order valence-corrected chi connectivity index (χ4v) is 0.801. The van der Waals surface area contributed by atoms with E-state index in [-0.39, 0.29) is 19.7 Å². The molecule has 0 spiro atoms. The molecule has 5 nitrogen and oxygen atoms in total. The molecular formula is C9H15F3N2O3. The van der Waals surface area contributed by atoms with Crippen LogP contribution in [0, 0.1) is 0 Å². The third kappa shape index (κ3) is 8.35. The lowest BCUT2D eigenvalue weighted by Gasteiger charge is -2.09. The van der Waals surface area contributed by atoms with Gasteiger partial charge in [0.15, 0.2) is 0 Å². The van der Waals surface area contributed by atoms with E-state index in [1.54, 1.807) is 5.32 Å². The Morgan fingerprint density at radius 2 is 1.76 bits per heavy atom. The van der Waals surface area contributed by atoms with Crippen LogP contribution in [-0.2, 0) is 9.53 Å². The standard InChI is InChI=1S/C9H15F3N2O3/c1-2-3-6-17-8(16)14-5-4-13-7(15)9(10,11)12/h2-6H2,1H3,(H,13,15)(H,14,16). The number of unbranched alkanes of at least 4 members (excludes halogenated alkanes) is 1. The van der Waals surface area contributed by atoms with Crippen molar-refractivity contribution >= 4 is 12.0 Å². The summed E-state index contributed by atoms with van der Waals surface area (Å²) in [5.41, 5.74) is 0. The molecule has 0 aliphatic heterocycles. The Labute approximate surface area is 96.7 Å². The summed E-state index contributed by atoms with van der Waals surface area (Å²) >= 11 is 0. The zero-order chi connectivity index (χ0) is 13.3. The summed E-state index contributed by atoms with van der Waals surface area (Å²) in [6.07, 6.45) is -4.02. The summed E-state index contributed by atoms with van der Waals surface area (Å²) in [5, 5.41) is 3.82. The van der Waals surface area contributed by atoms with E-state index in [2.05, 4.69) is 10.1 Å². The molecule has 0 rings (SSSR count). The molecule has 2 N–H and O–H groups in total. The minimum Gasteiger partial charge on any atom is -0.450 e. The van der Waals surface area contributed by atoms with E-state index >= 15 is 0 Å². The van der Waals surface area contributed by atoms with Crippen molar-refractivity contribution in [1.82, 2.24) is 10.6 Å². The molecule has 0 heterocycles. The Kier molecular flexibility index (Phi) is 7.08. The van der Waals surface area contributed by atoms with Crippen LogP contribution in [0.25, 0.3) is 0 Å². The van der Waals surface area contributed by atoms with Crippen LogP contribution in [0.2, 0.25) is 0 Å². The van der Waals surface area contributed by atoms with Gasteiger partial charge >= 0.3 is 18.2 Å². The first-order valence-corrected chi connectivity index (χ1v) is 5.13. The molecule has 0 bridgehead atoms. The van der Waals surface area contributed by atoms with Crippen LogP contribution in [0.4, 0.5) is 18.0 Å². The smallest absolute Gasteiger partial charge is 0.450 e. The van der Waals surface area contributed by atoms with E-state index < -0.39 is 18.2 Å². The Morgan fingerprint density at radius 3 is 2.29 bits per heavy atom. The van der Waals surface area contributed by atoms with Gasteiger partial charge in [-0.1, -0.05) is 13.3 Å². The van der Waals surface area contributed by atoms with Gasteiger partial charge in [-0.2, -0.15) is 13.2 Å². The predicted molar refractivity (Wildman–Crippen MR) is 53.3 cm³/mol. The van der Waals surface area contributed by atoms with E-state index in [4.69, 9.17) is 0 Å². The van der Waals surface area contributed by atoms with Crippen LogP contribution in [0.3, 0.4) is 0 Å². The maximum atomic E-state index is 11.7. The molecule has 0 aromatic rings. The number of alkyl carbamates (subject to hydrolysis) is 1. The third-order valence-electron chi connectivity index (χ3n) is 1.67. The fraction of sp³-hybridized carbons (Fsp3) is 0.778. The third-order valence-corrected chi connectivity index (χ3v) is 1.67. The number of hydrogen-bond acceptors (Lipinski definition) is 3. The monoisotopic (exact) mass is 256 g/mol. The van der Waals surface area contributed by atoms with Crippen molar-refractivity contribution in [2.75, 3.05) is 19.7 Å². The lowest BCUT2D eigenvalue weighted by atomic mass is 10.4. The van der Waals surface area contributed by atoms with Crippen molar-refractivity contribution in [2.24, 2.45) is 0 Å². The molecule has 0 saturated heterocycles. The highest BCUT2D eigenvalue weighted by molar-refractivity contribution is 5.81. The number of amides is 2. The molecule has 0 aromatic heterocycles. The number of nitrogens with one attached hydrogen (secondary N) is 2. The number of halogens is 3. The van der Waals surface area contributed by atoms with Gasteiger partial charge in [-0.05, 0) is 6.42 Å². The van der Waals surface area contributed by atoms with Crippen molar-refractivity contribution in [3.8, 4) is 0 Å². The molecule has 0 radical (unpaired) electrons. The maximum absolute atomic E-state index is 11.7. The normalized spacial score (nSPS) is 10.8. The Hall–Kier alpha value is -1.47. The van der Waals surface area contributed by atoms with Gasteiger partial charge in [-0.25, -0.2) is 4.79 Å². The SMILES string of the molecule is CCCCOC(=O)NCCNC(=O)C(F)(F)F. The van der Waals surface area contributed by atoms with Gasteiger partial charge in [0.2, 0.25) is 0 Å². The molecule has 17 heavy (non-hydrogen) atoms. The average molecular weight is 256 g/mol. The lowest BCUT2D eigenvalue weighted by Crippen LogP contribution is -2.41. The molecule has 0 aromatic carbocycles. The largest absolute Gasteiger partial charge is 0.471 e. The van der Waals surface area contributed by atoms with E-state index in [1.165, 1.54) is 0 Å². The van der Waals surface area contributed by atoms with Crippen molar-refractivity contribution in [2.45, 2.75) is 25.9 Å². The molecule has 0 aliphatic rings. The number of ether oxygens (including phenoxy) is 1.